The Hall–Kier alpha value is -1.86. The average Bonchev–Trinajstić information content (AvgIpc) is 2.48. The minimum atomic E-state index is -1.07. The fraction of sp³-hybridized carbons (Fsp3) is 0.133. The molecule has 3 rings (SSSR count). The summed E-state index contributed by atoms with van der Waals surface area (Å²) in [6.07, 6.45) is 0. The molecule has 0 radical (unpaired) electrons. The Kier molecular flexibility index (Phi) is 3.22. The van der Waals surface area contributed by atoms with Gasteiger partial charge >= 0.3 is 0 Å². The third kappa shape index (κ3) is 2.11. The lowest BCUT2D eigenvalue weighted by Gasteiger charge is -2.34. The number of rotatable bonds is 2. The number of benzene rings is 2. The van der Waals surface area contributed by atoms with Crippen LogP contribution >= 0.6 is 8.30 Å². The summed E-state index contributed by atoms with van der Waals surface area (Å²) in [5, 5.41) is 1.06. The molecule has 0 spiro atoms. The molecule has 0 aromatic heterocycles. The van der Waals surface area contributed by atoms with E-state index in [9.17, 15) is 4.79 Å². The van der Waals surface area contributed by atoms with Crippen molar-refractivity contribution >= 4 is 19.5 Å². The quantitative estimate of drug-likeness (QED) is 0.785. The number of nitrogens with zero attached hydrogens (tertiary/aromatic N) is 1. The van der Waals surface area contributed by atoms with E-state index in [1.54, 1.807) is 0 Å². The third-order valence-corrected chi connectivity index (χ3v) is 5.05. The van der Waals surface area contributed by atoms with E-state index in [0.29, 0.717) is 17.9 Å². The van der Waals surface area contributed by atoms with Gasteiger partial charge in [0.05, 0.1) is 5.56 Å². The molecule has 1 unspecified atom stereocenters. The Morgan fingerprint density at radius 3 is 2.47 bits per heavy atom. The zero-order chi connectivity index (χ0) is 13.2. The highest BCUT2D eigenvalue weighted by Crippen LogP contribution is 2.47. The van der Waals surface area contributed by atoms with Gasteiger partial charge in [0.1, 0.15) is 5.75 Å². The van der Waals surface area contributed by atoms with E-state index in [4.69, 9.17) is 4.52 Å². The van der Waals surface area contributed by atoms with Crippen LogP contribution in [0.25, 0.3) is 0 Å². The summed E-state index contributed by atoms with van der Waals surface area (Å²) < 4.78 is 7.87. The molecule has 2 aromatic rings. The maximum atomic E-state index is 12.5. The molecule has 19 heavy (non-hydrogen) atoms. The zero-order valence-electron chi connectivity index (χ0n) is 10.6. The second kappa shape index (κ2) is 5.02. The summed E-state index contributed by atoms with van der Waals surface area (Å²) in [7, 11) is -1.07. The molecule has 1 aliphatic heterocycles. The van der Waals surface area contributed by atoms with Crippen molar-refractivity contribution in [3.05, 3.63) is 60.2 Å². The molecular weight excluding hydrogens is 257 g/mol. The van der Waals surface area contributed by atoms with Gasteiger partial charge in [-0.25, -0.2) is 0 Å². The van der Waals surface area contributed by atoms with Gasteiger partial charge in [-0.2, -0.15) is 0 Å². The Labute approximate surface area is 113 Å². The Balaban J connectivity index is 2.05. The van der Waals surface area contributed by atoms with Crippen molar-refractivity contribution < 1.29 is 9.32 Å². The van der Waals surface area contributed by atoms with Crippen molar-refractivity contribution in [1.82, 2.24) is 4.67 Å². The van der Waals surface area contributed by atoms with E-state index < -0.39 is 8.30 Å². The minimum absolute atomic E-state index is 0.0549. The molecule has 96 valence electrons. The summed E-state index contributed by atoms with van der Waals surface area (Å²) in [5.74, 6) is 0.742. The second-order valence-electron chi connectivity index (χ2n) is 4.22. The van der Waals surface area contributed by atoms with E-state index in [0.717, 1.165) is 5.30 Å². The van der Waals surface area contributed by atoms with Crippen LogP contribution in [0, 0.1) is 0 Å². The molecule has 0 aliphatic carbocycles. The van der Waals surface area contributed by atoms with Gasteiger partial charge in [-0.15, -0.1) is 0 Å². The van der Waals surface area contributed by atoms with Crippen molar-refractivity contribution in [3.63, 3.8) is 0 Å². The number of carbonyl (C=O) groups excluding carboxylic acids is 1. The van der Waals surface area contributed by atoms with Crippen LogP contribution in [-0.2, 0) is 0 Å². The highest BCUT2D eigenvalue weighted by Gasteiger charge is 2.34. The first kappa shape index (κ1) is 12.2. The molecule has 0 saturated heterocycles. The monoisotopic (exact) mass is 271 g/mol. The summed E-state index contributed by atoms with van der Waals surface area (Å²) in [4.78, 5) is 12.5. The standard InChI is InChI=1S/C15H14NO2P/c1-2-16-15(17)13-10-6-7-11-14(13)18-19(16)12-8-4-3-5-9-12/h3-11H,2H2,1H3. The van der Waals surface area contributed by atoms with E-state index in [1.807, 2.05) is 66.2 Å². The normalized spacial score (nSPS) is 17.8. The molecule has 1 amide bonds. The first-order chi connectivity index (χ1) is 9.31. The smallest absolute Gasteiger partial charge is 0.263 e. The van der Waals surface area contributed by atoms with Crippen molar-refractivity contribution in [2.45, 2.75) is 6.92 Å². The molecule has 0 saturated carbocycles. The zero-order valence-corrected chi connectivity index (χ0v) is 11.5. The summed E-state index contributed by atoms with van der Waals surface area (Å²) in [6, 6.07) is 17.4. The predicted molar refractivity (Wildman–Crippen MR) is 76.8 cm³/mol. The highest BCUT2D eigenvalue weighted by molar-refractivity contribution is 7.59. The topological polar surface area (TPSA) is 29.5 Å². The lowest BCUT2D eigenvalue weighted by atomic mass is 10.2. The Bertz CT molecular complexity index is 600. The fourth-order valence-electron chi connectivity index (χ4n) is 2.11. The van der Waals surface area contributed by atoms with Crippen LogP contribution in [0.4, 0.5) is 0 Å². The van der Waals surface area contributed by atoms with Crippen molar-refractivity contribution in [2.24, 2.45) is 0 Å². The van der Waals surface area contributed by atoms with Gasteiger partial charge in [0.2, 0.25) is 8.30 Å². The van der Waals surface area contributed by atoms with E-state index in [-0.39, 0.29) is 5.91 Å². The van der Waals surface area contributed by atoms with Gasteiger partial charge in [-0.05, 0) is 31.2 Å². The minimum Gasteiger partial charge on any atom is -0.448 e. The fourth-order valence-corrected chi connectivity index (χ4v) is 3.89. The van der Waals surface area contributed by atoms with Crippen LogP contribution in [-0.4, -0.2) is 17.1 Å². The molecular formula is C15H14NO2P. The highest BCUT2D eigenvalue weighted by atomic mass is 31.2. The summed E-state index contributed by atoms with van der Waals surface area (Å²) >= 11 is 0. The number of amides is 1. The Morgan fingerprint density at radius 1 is 1.05 bits per heavy atom. The van der Waals surface area contributed by atoms with Crippen LogP contribution in [0.2, 0.25) is 0 Å². The van der Waals surface area contributed by atoms with Crippen LogP contribution in [0.3, 0.4) is 0 Å². The second-order valence-corrected chi connectivity index (χ2v) is 5.94. The van der Waals surface area contributed by atoms with Crippen molar-refractivity contribution in [3.8, 4) is 5.75 Å². The number of hydrogen-bond acceptors (Lipinski definition) is 2. The Morgan fingerprint density at radius 2 is 1.74 bits per heavy atom. The number of para-hydroxylation sites is 1. The average molecular weight is 271 g/mol. The predicted octanol–water partition coefficient (Wildman–Crippen LogP) is 3.18. The SMILES string of the molecule is CCN1C(=O)c2ccccc2OP1c1ccccc1. The lowest BCUT2D eigenvalue weighted by molar-refractivity contribution is 0.0852. The van der Waals surface area contributed by atoms with Gasteiger partial charge in [0.15, 0.2) is 0 Å². The first-order valence-electron chi connectivity index (χ1n) is 6.25. The molecule has 0 N–H and O–H groups in total. The number of hydrogen-bond donors (Lipinski definition) is 0. The van der Waals surface area contributed by atoms with Crippen molar-refractivity contribution in [2.75, 3.05) is 6.54 Å². The van der Waals surface area contributed by atoms with Crippen molar-refractivity contribution in [1.29, 1.82) is 0 Å². The molecule has 2 aromatic carbocycles. The van der Waals surface area contributed by atoms with E-state index in [2.05, 4.69) is 0 Å². The third-order valence-electron chi connectivity index (χ3n) is 3.03. The molecule has 1 atom stereocenters. The molecule has 1 heterocycles. The van der Waals surface area contributed by atoms with Crippen LogP contribution in [0.5, 0.6) is 5.75 Å². The summed E-state index contributed by atoms with van der Waals surface area (Å²) in [5.41, 5.74) is 0.652. The van der Waals surface area contributed by atoms with Crippen LogP contribution in [0.15, 0.2) is 54.6 Å². The molecule has 1 aliphatic rings. The maximum absolute atomic E-state index is 12.5. The number of carbonyl (C=O) groups is 1. The summed E-state index contributed by atoms with van der Waals surface area (Å²) in [6.45, 7) is 2.63. The van der Waals surface area contributed by atoms with E-state index >= 15 is 0 Å². The van der Waals surface area contributed by atoms with Gasteiger partial charge in [0, 0.05) is 11.8 Å². The lowest BCUT2D eigenvalue weighted by Crippen LogP contribution is -2.35. The first-order valence-corrected chi connectivity index (χ1v) is 7.46. The van der Waals surface area contributed by atoms with E-state index in [1.165, 1.54) is 0 Å². The van der Waals surface area contributed by atoms with Crippen LogP contribution in [0.1, 0.15) is 17.3 Å². The molecule has 4 heteroatoms. The van der Waals surface area contributed by atoms with Gasteiger partial charge < -0.3 is 4.52 Å². The van der Waals surface area contributed by atoms with Gasteiger partial charge in [0.25, 0.3) is 5.91 Å². The van der Waals surface area contributed by atoms with Gasteiger partial charge in [-0.1, -0.05) is 30.3 Å². The van der Waals surface area contributed by atoms with Gasteiger partial charge in [-0.3, -0.25) is 9.46 Å². The maximum Gasteiger partial charge on any atom is 0.263 e. The molecule has 0 fully saturated rings. The van der Waals surface area contributed by atoms with Crippen LogP contribution < -0.4 is 9.83 Å². The molecule has 0 bridgehead atoms. The molecule has 3 nitrogen and oxygen atoms in total. The number of fused-ring (bicyclic) bond motifs is 1. The largest absolute Gasteiger partial charge is 0.448 e.